The van der Waals surface area contributed by atoms with Crippen molar-refractivity contribution in [3.63, 3.8) is 0 Å². The van der Waals surface area contributed by atoms with Crippen LogP contribution in [0, 0.1) is 0 Å². The van der Waals surface area contributed by atoms with Crippen molar-refractivity contribution in [2.75, 3.05) is 19.3 Å². The predicted molar refractivity (Wildman–Crippen MR) is 88.0 cm³/mol. The largest absolute Gasteiger partial charge is 0.399 e. The molecule has 7 heteroatoms. The molecular weight excluding hydrogens is 313 g/mol. The van der Waals surface area contributed by atoms with Crippen LogP contribution in [-0.2, 0) is 4.79 Å². The lowest BCUT2D eigenvalue weighted by atomic mass is 10.1. The van der Waals surface area contributed by atoms with Crippen LogP contribution in [0.4, 0.5) is 5.69 Å². The molecule has 0 aliphatic carbocycles. The Balaban J connectivity index is 0.00000400. The van der Waals surface area contributed by atoms with Crippen molar-refractivity contribution < 1.29 is 9.59 Å². The van der Waals surface area contributed by atoms with Crippen molar-refractivity contribution in [2.24, 2.45) is 0 Å². The van der Waals surface area contributed by atoms with Crippen LogP contribution in [0.2, 0.25) is 5.02 Å². The lowest BCUT2D eigenvalue weighted by Gasteiger charge is -2.23. The summed E-state index contributed by atoms with van der Waals surface area (Å²) in [6.45, 7) is 5.60. The number of benzene rings is 1. The van der Waals surface area contributed by atoms with E-state index in [1.165, 1.54) is 11.0 Å². The number of nitrogen functional groups attached to an aromatic ring is 1. The van der Waals surface area contributed by atoms with Crippen LogP contribution in [0.1, 0.15) is 31.1 Å². The van der Waals surface area contributed by atoms with Gasteiger partial charge < -0.3 is 16.0 Å². The van der Waals surface area contributed by atoms with Gasteiger partial charge in [-0.05, 0) is 39.0 Å². The number of halogens is 2. The molecule has 0 aliphatic heterocycles. The number of carbonyl (C=O) groups is 2. The molecule has 3 N–H and O–H groups in total. The molecule has 21 heavy (non-hydrogen) atoms. The topological polar surface area (TPSA) is 75.4 Å². The van der Waals surface area contributed by atoms with E-state index >= 15 is 0 Å². The lowest BCUT2D eigenvalue weighted by molar-refractivity contribution is -0.122. The summed E-state index contributed by atoms with van der Waals surface area (Å²) in [5.74, 6) is -0.543. The van der Waals surface area contributed by atoms with Crippen molar-refractivity contribution in [1.29, 1.82) is 0 Å². The number of nitrogens with two attached hydrogens (primary N) is 1. The summed E-state index contributed by atoms with van der Waals surface area (Å²) in [7, 11) is 1.55. The zero-order chi connectivity index (χ0) is 15.5. The first-order chi connectivity index (χ1) is 9.10. The molecule has 0 radical (unpaired) electrons. The number of amides is 2. The van der Waals surface area contributed by atoms with Crippen LogP contribution in [0.15, 0.2) is 18.2 Å². The second-order valence-electron chi connectivity index (χ2n) is 5.70. The van der Waals surface area contributed by atoms with E-state index in [-0.39, 0.29) is 41.3 Å². The average Bonchev–Trinajstić information content (AvgIpc) is 2.25. The van der Waals surface area contributed by atoms with Gasteiger partial charge in [0.05, 0.1) is 17.1 Å². The number of rotatable bonds is 3. The zero-order valence-electron chi connectivity index (χ0n) is 12.6. The van der Waals surface area contributed by atoms with Crippen LogP contribution < -0.4 is 11.1 Å². The van der Waals surface area contributed by atoms with Crippen LogP contribution in [-0.4, -0.2) is 35.8 Å². The average molecular weight is 334 g/mol. The minimum atomic E-state index is -0.334. The van der Waals surface area contributed by atoms with Crippen molar-refractivity contribution in [3.05, 3.63) is 28.8 Å². The van der Waals surface area contributed by atoms with Gasteiger partial charge in [-0.3, -0.25) is 9.59 Å². The van der Waals surface area contributed by atoms with Gasteiger partial charge in [-0.15, -0.1) is 12.4 Å². The number of likely N-dealkylation sites (N-methyl/N-ethyl adjacent to an activating group) is 1. The van der Waals surface area contributed by atoms with Gasteiger partial charge in [0.25, 0.3) is 5.91 Å². The Bertz CT molecular complexity index is 527. The quantitative estimate of drug-likeness (QED) is 0.833. The number of hydrogen-bond donors (Lipinski definition) is 2. The van der Waals surface area contributed by atoms with Crippen molar-refractivity contribution in [2.45, 2.75) is 26.3 Å². The third-order valence-electron chi connectivity index (χ3n) is 2.47. The van der Waals surface area contributed by atoms with Crippen molar-refractivity contribution in [3.8, 4) is 0 Å². The van der Waals surface area contributed by atoms with E-state index < -0.39 is 0 Å². The number of hydrogen-bond acceptors (Lipinski definition) is 3. The molecule has 0 unspecified atom stereocenters. The molecule has 0 heterocycles. The van der Waals surface area contributed by atoms with Crippen LogP contribution in [0.25, 0.3) is 0 Å². The molecule has 2 amide bonds. The van der Waals surface area contributed by atoms with Gasteiger partial charge in [0.2, 0.25) is 5.91 Å². The first-order valence-corrected chi connectivity index (χ1v) is 6.59. The summed E-state index contributed by atoms with van der Waals surface area (Å²) < 4.78 is 0. The minimum Gasteiger partial charge on any atom is -0.399 e. The molecule has 5 nitrogen and oxygen atoms in total. The van der Waals surface area contributed by atoms with E-state index in [2.05, 4.69) is 5.32 Å². The van der Waals surface area contributed by atoms with E-state index in [4.69, 9.17) is 17.3 Å². The standard InChI is InChI=1S/C14H20ClN3O2.ClH/c1-14(2,3)17-12(19)8-18(4)13(20)10-6-5-9(16)7-11(10)15;/h5-7H,8,16H2,1-4H3,(H,17,19);1H. The normalized spacial score (nSPS) is 10.5. The molecule has 0 atom stereocenters. The van der Waals surface area contributed by atoms with Gasteiger partial charge in [-0.2, -0.15) is 0 Å². The molecule has 0 bridgehead atoms. The maximum absolute atomic E-state index is 12.2. The smallest absolute Gasteiger partial charge is 0.255 e. The van der Waals surface area contributed by atoms with Crippen molar-refractivity contribution >= 4 is 41.5 Å². The van der Waals surface area contributed by atoms with Gasteiger partial charge >= 0.3 is 0 Å². The fourth-order valence-electron chi connectivity index (χ4n) is 1.66. The van der Waals surface area contributed by atoms with E-state index in [0.717, 1.165) is 0 Å². The number of nitrogens with zero attached hydrogens (tertiary/aromatic N) is 1. The number of nitrogens with one attached hydrogen (secondary N) is 1. The number of carbonyl (C=O) groups excluding carboxylic acids is 2. The van der Waals surface area contributed by atoms with Crippen LogP contribution in [0.3, 0.4) is 0 Å². The Morgan fingerprint density at radius 1 is 1.33 bits per heavy atom. The highest BCUT2D eigenvalue weighted by Crippen LogP contribution is 2.20. The first kappa shape index (κ1) is 19.5. The van der Waals surface area contributed by atoms with E-state index in [1.807, 2.05) is 20.8 Å². The molecule has 0 aliphatic rings. The summed E-state index contributed by atoms with van der Waals surface area (Å²) in [5, 5.41) is 3.07. The van der Waals surface area contributed by atoms with Crippen LogP contribution in [0.5, 0.6) is 0 Å². The van der Waals surface area contributed by atoms with Gasteiger partial charge in [-0.1, -0.05) is 11.6 Å². The highest BCUT2D eigenvalue weighted by Gasteiger charge is 2.20. The molecule has 118 valence electrons. The Labute approximate surface area is 136 Å². The SMILES string of the molecule is CN(CC(=O)NC(C)(C)C)C(=O)c1ccc(N)cc1Cl.Cl. The highest BCUT2D eigenvalue weighted by atomic mass is 35.5. The molecule has 1 rings (SSSR count). The maximum Gasteiger partial charge on any atom is 0.255 e. The number of anilines is 1. The minimum absolute atomic E-state index is 0. The van der Waals surface area contributed by atoms with Crippen molar-refractivity contribution in [1.82, 2.24) is 10.2 Å². The van der Waals surface area contributed by atoms with E-state index in [9.17, 15) is 9.59 Å². The van der Waals surface area contributed by atoms with Gasteiger partial charge in [0, 0.05) is 18.3 Å². The molecule has 0 saturated heterocycles. The summed E-state index contributed by atoms with van der Waals surface area (Å²) in [5.41, 5.74) is 6.06. The summed E-state index contributed by atoms with van der Waals surface area (Å²) in [4.78, 5) is 25.3. The first-order valence-electron chi connectivity index (χ1n) is 6.21. The summed E-state index contributed by atoms with van der Waals surface area (Å²) in [6, 6.07) is 4.66. The van der Waals surface area contributed by atoms with E-state index in [1.54, 1.807) is 19.2 Å². The van der Waals surface area contributed by atoms with Gasteiger partial charge in [-0.25, -0.2) is 0 Å². The Morgan fingerprint density at radius 2 is 1.90 bits per heavy atom. The van der Waals surface area contributed by atoms with E-state index in [0.29, 0.717) is 11.3 Å². The lowest BCUT2D eigenvalue weighted by Crippen LogP contribution is -2.46. The third-order valence-corrected chi connectivity index (χ3v) is 2.78. The van der Waals surface area contributed by atoms with Gasteiger partial charge in [0.15, 0.2) is 0 Å². The van der Waals surface area contributed by atoms with Gasteiger partial charge in [0.1, 0.15) is 0 Å². The molecular formula is C14H21Cl2N3O2. The van der Waals surface area contributed by atoms with Crippen LogP contribution >= 0.6 is 24.0 Å². The Hall–Kier alpha value is -1.46. The fraction of sp³-hybridized carbons (Fsp3) is 0.429. The molecule has 0 fully saturated rings. The zero-order valence-corrected chi connectivity index (χ0v) is 14.1. The second kappa shape index (κ2) is 7.52. The fourth-order valence-corrected chi connectivity index (χ4v) is 1.93. The molecule has 0 spiro atoms. The molecule has 0 aromatic heterocycles. The highest BCUT2D eigenvalue weighted by molar-refractivity contribution is 6.34. The molecule has 1 aromatic rings. The third kappa shape index (κ3) is 6.23. The summed E-state index contributed by atoms with van der Waals surface area (Å²) >= 11 is 5.98. The second-order valence-corrected chi connectivity index (χ2v) is 6.11. The Kier molecular flexibility index (Phi) is 7.00. The predicted octanol–water partition coefficient (Wildman–Crippen LogP) is 2.33. The molecule has 1 aromatic carbocycles. The summed E-state index contributed by atoms with van der Waals surface area (Å²) in [6.07, 6.45) is 0. The maximum atomic E-state index is 12.2. The Morgan fingerprint density at radius 3 is 2.38 bits per heavy atom. The monoisotopic (exact) mass is 333 g/mol. The molecule has 0 saturated carbocycles.